The van der Waals surface area contributed by atoms with E-state index in [0.717, 1.165) is 22.0 Å². The number of anilines is 2. The topological polar surface area (TPSA) is 127 Å². The largest absolute Gasteiger partial charge is 0.504 e. The van der Waals surface area contributed by atoms with Gasteiger partial charge in [-0.2, -0.15) is 5.10 Å². The highest BCUT2D eigenvalue weighted by Crippen LogP contribution is 2.39. The smallest absolute Gasteiger partial charge is 0.200 e. The van der Waals surface area contributed by atoms with Gasteiger partial charge in [-0.3, -0.25) is 5.10 Å². The van der Waals surface area contributed by atoms with Crippen LogP contribution in [-0.2, 0) is 0 Å². The number of H-pyrrole nitrogens is 1. The highest BCUT2D eigenvalue weighted by molar-refractivity contribution is 5.93. The fourth-order valence-corrected chi connectivity index (χ4v) is 3.19. The van der Waals surface area contributed by atoms with E-state index in [0.29, 0.717) is 22.7 Å². The molecule has 0 aliphatic heterocycles. The molecule has 5 rings (SSSR count). The van der Waals surface area contributed by atoms with Crippen molar-refractivity contribution in [1.82, 2.24) is 20.2 Å². The molecule has 0 saturated carbocycles. The molecule has 0 atom stereocenters. The van der Waals surface area contributed by atoms with Gasteiger partial charge in [0.2, 0.25) is 0 Å². The molecule has 0 amide bonds. The Morgan fingerprint density at radius 3 is 2.48 bits per heavy atom. The van der Waals surface area contributed by atoms with E-state index >= 15 is 0 Å². The average molecular weight is 385 g/mol. The van der Waals surface area contributed by atoms with Gasteiger partial charge in [-0.25, -0.2) is 9.97 Å². The van der Waals surface area contributed by atoms with Crippen molar-refractivity contribution >= 4 is 33.3 Å². The molecular weight excluding hydrogens is 370 g/mol. The number of nitrogens with zero attached hydrogens (tertiary/aromatic N) is 3. The maximum atomic E-state index is 9.85. The number of aromatic hydroxyl groups is 3. The monoisotopic (exact) mass is 385 g/mol. The zero-order chi connectivity index (χ0) is 20.0. The summed E-state index contributed by atoms with van der Waals surface area (Å²) in [6, 6.07) is 15.9. The van der Waals surface area contributed by atoms with Crippen molar-refractivity contribution in [2.75, 3.05) is 5.32 Å². The second-order valence-electron chi connectivity index (χ2n) is 6.57. The summed E-state index contributed by atoms with van der Waals surface area (Å²) < 4.78 is 0. The number of rotatable bonds is 3. The van der Waals surface area contributed by atoms with Gasteiger partial charge in [0.25, 0.3) is 0 Å². The summed E-state index contributed by atoms with van der Waals surface area (Å²) in [4.78, 5) is 9.13. The number of para-hydroxylation sites is 1. The number of hydrogen-bond donors (Lipinski definition) is 5. The third-order valence-electron chi connectivity index (χ3n) is 4.63. The molecule has 0 aliphatic carbocycles. The van der Waals surface area contributed by atoms with Crippen molar-refractivity contribution in [3.63, 3.8) is 0 Å². The van der Waals surface area contributed by atoms with Crippen LogP contribution < -0.4 is 5.32 Å². The number of phenols is 3. The van der Waals surface area contributed by atoms with E-state index in [-0.39, 0.29) is 0 Å². The number of nitrogens with one attached hydrogen (secondary N) is 2. The summed E-state index contributed by atoms with van der Waals surface area (Å²) in [6.07, 6.45) is 1.74. The van der Waals surface area contributed by atoms with Crippen molar-refractivity contribution in [2.24, 2.45) is 0 Å². The van der Waals surface area contributed by atoms with Crippen LogP contribution in [0.15, 0.2) is 60.8 Å². The van der Waals surface area contributed by atoms with Gasteiger partial charge in [-0.1, -0.05) is 12.1 Å². The lowest BCUT2D eigenvalue weighted by molar-refractivity contribution is 0.368. The van der Waals surface area contributed by atoms with Gasteiger partial charge in [0.15, 0.2) is 23.1 Å². The van der Waals surface area contributed by atoms with Crippen LogP contribution in [-0.4, -0.2) is 35.5 Å². The predicted molar refractivity (Wildman–Crippen MR) is 109 cm³/mol. The van der Waals surface area contributed by atoms with Crippen LogP contribution in [0.2, 0.25) is 0 Å². The third-order valence-corrected chi connectivity index (χ3v) is 4.63. The van der Waals surface area contributed by atoms with E-state index in [1.165, 1.54) is 12.1 Å². The quantitative estimate of drug-likeness (QED) is 0.297. The van der Waals surface area contributed by atoms with Crippen LogP contribution in [0, 0.1) is 0 Å². The molecular formula is C21H15N5O3. The molecule has 5 aromatic rings. The van der Waals surface area contributed by atoms with Crippen molar-refractivity contribution in [2.45, 2.75) is 0 Å². The van der Waals surface area contributed by atoms with Gasteiger partial charge in [0.1, 0.15) is 5.82 Å². The van der Waals surface area contributed by atoms with E-state index in [4.69, 9.17) is 0 Å². The van der Waals surface area contributed by atoms with Gasteiger partial charge in [-0.15, -0.1) is 0 Å². The van der Waals surface area contributed by atoms with Crippen molar-refractivity contribution < 1.29 is 15.3 Å². The summed E-state index contributed by atoms with van der Waals surface area (Å²) in [7, 11) is 0. The van der Waals surface area contributed by atoms with Crippen LogP contribution in [0.5, 0.6) is 17.2 Å². The van der Waals surface area contributed by atoms with Gasteiger partial charge >= 0.3 is 0 Å². The molecule has 0 unspecified atom stereocenters. The summed E-state index contributed by atoms with van der Waals surface area (Å²) in [6.45, 7) is 0. The van der Waals surface area contributed by atoms with Crippen molar-refractivity contribution in [1.29, 1.82) is 0 Å². The first-order chi connectivity index (χ1) is 14.1. The number of aromatic amines is 1. The molecule has 0 saturated heterocycles. The molecule has 0 fully saturated rings. The number of fused-ring (bicyclic) bond motifs is 2. The minimum atomic E-state index is -0.582. The third kappa shape index (κ3) is 2.92. The predicted octanol–water partition coefficient (Wildman–Crippen LogP) is 4.03. The van der Waals surface area contributed by atoms with E-state index in [1.807, 2.05) is 42.5 Å². The Morgan fingerprint density at radius 1 is 0.862 bits per heavy atom. The maximum Gasteiger partial charge on any atom is 0.200 e. The lowest BCUT2D eigenvalue weighted by Gasteiger charge is -2.12. The van der Waals surface area contributed by atoms with Crippen LogP contribution in [0.4, 0.5) is 11.5 Å². The number of hydrogen-bond acceptors (Lipinski definition) is 7. The SMILES string of the molecule is Oc1cc(-c2nc(Nc3ccc4[nH]ncc4c3)c3ccccc3n2)cc(O)c1O. The molecule has 142 valence electrons. The lowest BCUT2D eigenvalue weighted by atomic mass is 10.1. The first-order valence-electron chi connectivity index (χ1n) is 8.81. The fourth-order valence-electron chi connectivity index (χ4n) is 3.19. The van der Waals surface area contributed by atoms with Crippen LogP contribution in [0.1, 0.15) is 0 Å². The molecule has 8 nitrogen and oxygen atoms in total. The summed E-state index contributed by atoms with van der Waals surface area (Å²) in [5.41, 5.74) is 2.82. The average Bonchev–Trinajstić information content (AvgIpc) is 3.19. The Kier molecular flexibility index (Phi) is 3.70. The van der Waals surface area contributed by atoms with E-state index in [1.54, 1.807) is 6.20 Å². The molecule has 0 bridgehead atoms. The van der Waals surface area contributed by atoms with E-state index < -0.39 is 17.2 Å². The summed E-state index contributed by atoms with van der Waals surface area (Å²) >= 11 is 0. The first kappa shape index (κ1) is 16.8. The van der Waals surface area contributed by atoms with Gasteiger partial charge < -0.3 is 20.6 Å². The maximum absolute atomic E-state index is 9.85. The Labute approximate surface area is 164 Å². The summed E-state index contributed by atoms with van der Waals surface area (Å²) in [5.74, 6) is -0.614. The van der Waals surface area contributed by atoms with Crippen LogP contribution in [0.3, 0.4) is 0 Å². The zero-order valence-corrected chi connectivity index (χ0v) is 15.0. The molecule has 29 heavy (non-hydrogen) atoms. The minimum absolute atomic E-state index is 0.293. The summed E-state index contributed by atoms with van der Waals surface area (Å²) in [5, 5.41) is 41.3. The Bertz CT molecular complexity index is 1360. The normalized spacial score (nSPS) is 11.2. The van der Waals surface area contributed by atoms with Crippen LogP contribution >= 0.6 is 0 Å². The molecule has 0 aliphatic rings. The molecule has 5 N–H and O–H groups in total. The number of benzene rings is 3. The first-order valence-corrected chi connectivity index (χ1v) is 8.81. The fraction of sp³-hybridized carbons (Fsp3) is 0. The second-order valence-corrected chi connectivity index (χ2v) is 6.57. The molecule has 2 aromatic heterocycles. The number of phenolic OH excluding ortho intramolecular Hbond substituents is 3. The number of aromatic nitrogens is 4. The Hall–Kier alpha value is -4.33. The molecule has 0 radical (unpaired) electrons. The van der Waals surface area contributed by atoms with Gasteiger partial charge in [0, 0.05) is 22.0 Å². The minimum Gasteiger partial charge on any atom is -0.504 e. The second kappa shape index (κ2) is 6.38. The zero-order valence-electron chi connectivity index (χ0n) is 15.0. The molecule has 8 heteroatoms. The molecule has 3 aromatic carbocycles. The highest BCUT2D eigenvalue weighted by Gasteiger charge is 2.14. The lowest BCUT2D eigenvalue weighted by Crippen LogP contribution is -1.99. The Balaban J connectivity index is 1.66. The van der Waals surface area contributed by atoms with Gasteiger partial charge in [-0.05, 0) is 42.5 Å². The highest BCUT2D eigenvalue weighted by atomic mass is 16.3. The van der Waals surface area contributed by atoms with Crippen molar-refractivity contribution in [3.8, 4) is 28.6 Å². The van der Waals surface area contributed by atoms with Gasteiger partial charge in [0.05, 0.1) is 17.2 Å². The van der Waals surface area contributed by atoms with E-state index in [2.05, 4.69) is 25.5 Å². The van der Waals surface area contributed by atoms with Crippen LogP contribution in [0.25, 0.3) is 33.2 Å². The molecule has 0 spiro atoms. The van der Waals surface area contributed by atoms with E-state index in [9.17, 15) is 15.3 Å². The standard InChI is InChI=1S/C21H15N5O3/c27-17-8-11(9-18(28)19(17)29)20-24-16-4-2-1-3-14(16)21(25-20)23-13-5-6-15-12(7-13)10-22-26-15/h1-10,27-29H,(H,22,26)(H,23,24,25). The van der Waals surface area contributed by atoms with Crippen molar-refractivity contribution in [3.05, 3.63) is 60.8 Å². The Morgan fingerprint density at radius 2 is 1.66 bits per heavy atom. The molecule has 2 heterocycles.